The van der Waals surface area contributed by atoms with Gasteiger partial charge in [-0.15, -0.1) is 0 Å². The molecule has 7 nitrogen and oxygen atoms in total. The number of aryl methyl sites for hydroxylation is 1. The van der Waals surface area contributed by atoms with Gasteiger partial charge in [-0.3, -0.25) is 4.79 Å². The van der Waals surface area contributed by atoms with Gasteiger partial charge < -0.3 is 24.1 Å². The van der Waals surface area contributed by atoms with Crippen LogP contribution in [0.1, 0.15) is 57.4 Å². The van der Waals surface area contributed by atoms with Gasteiger partial charge in [0.1, 0.15) is 11.6 Å². The van der Waals surface area contributed by atoms with Crippen molar-refractivity contribution in [3.05, 3.63) is 94.2 Å². The molecule has 218 valence electrons. The van der Waals surface area contributed by atoms with Crippen molar-refractivity contribution in [1.82, 2.24) is 9.88 Å². The van der Waals surface area contributed by atoms with Gasteiger partial charge in [-0.25, -0.2) is 13.6 Å². The second kappa shape index (κ2) is 11.7. The molecule has 0 spiro atoms. The van der Waals surface area contributed by atoms with E-state index in [1.165, 1.54) is 25.3 Å². The summed E-state index contributed by atoms with van der Waals surface area (Å²) in [5.41, 5.74) is 4.19. The summed E-state index contributed by atoms with van der Waals surface area (Å²) in [5.74, 6) is -1.30. The molecule has 1 N–H and O–H groups in total. The number of aromatic nitrogens is 1. The minimum absolute atomic E-state index is 0.113. The Morgan fingerprint density at radius 1 is 1.00 bits per heavy atom. The molecule has 1 aliphatic heterocycles. The average Bonchev–Trinajstić information content (AvgIpc) is 3.29. The maximum absolute atomic E-state index is 16.3. The summed E-state index contributed by atoms with van der Waals surface area (Å²) in [6, 6.07) is 13.5. The van der Waals surface area contributed by atoms with E-state index in [-0.39, 0.29) is 29.1 Å². The molecule has 42 heavy (non-hydrogen) atoms. The molecular weight excluding hydrogens is 542 g/mol. The number of benzene rings is 3. The van der Waals surface area contributed by atoms with Gasteiger partial charge in [0.15, 0.2) is 11.5 Å². The summed E-state index contributed by atoms with van der Waals surface area (Å²) in [7, 11) is 3.10. The van der Waals surface area contributed by atoms with Crippen LogP contribution in [0, 0.1) is 18.6 Å². The van der Waals surface area contributed by atoms with Gasteiger partial charge in [0.2, 0.25) is 0 Å². The lowest BCUT2D eigenvalue weighted by Gasteiger charge is -2.23. The molecule has 5 rings (SSSR count). The molecule has 4 aromatic rings. The molecule has 1 atom stereocenters. The minimum atomic E-state index is -0.759. The highest BCUT2D eigenvalue weighted by Gasteiger charge is 2.34. The Balaban J connectivity index is 1.64. The summed E-state index contributed by atoms with van der Waals surface area (Å²) >= 11 is 0. The number of ether oxygens (including phenoxy) is 3. The number of nitrogens with one attached hydrogen (secondary N) is 1. The quantitative estimate of drug-likeness (QED) is 0.239. The molecule has 1 aliphatic rings. The predicted molar refractivity (Wildman–Crippen MR) is 155 cm³/mol. The van der Waals surface area contributed by atoms with E-state index in [1.807, 2.05) is 23.6 Å². The highest BCUT2D eigenvalue weighted by atomic mass is 19.1. The number of amides is 1. The van der Waals surface area contributed by atoms with Crippen molar-refractivity contribution in [3.63, 3.8) is 0 Å². The van der Waals surface area contributed by atoms with Gasteiger partial charge >= 0.3 is 5.97 Å². The predicted octanol–water partition coefficient (Wildman–Crippen LogP) is 6.65. The van der Waals surface area contributed by atoms with Crippen LogP contribution in [0.2, 0.25) is 0 Å². The van der Waals surface area contributed by atoms with Gasteiger partial charge in [-0.2, -0.15) is 0 Å². The molecule has 0 saturated carbocycles. The van der Waals surface area contributed by atoms with Crippen molar-refractivity contribution in [2.24, 2.45) is 0 Å². The molecule has 2 heterocycles. The Labute approximate surface area is 243 Å². The van der Waals surface area contributed by atoms with Crippen LogP contribution in [0.5, 0.6) is 11.5 Å². The number of methoxy groups -OCH3 is 2. The molecule has 0 fully saturated rings. The first kappa shape index (κ1) is 28.9. The maximum atomic E-state index is 16.3. The molecule has 1 aromatic heterocycles. The summed E-state index contributed by atoms with van der Waals surface area (Å²) in [4.78, 5) is 26.8. The first-order valence-electron chi connectivity index (χ1n) is 13.7. The lowest BCUT2D eigenvalue weighted by molar-refractivity contribution is 0.0528. The fraction of sp³-hybridized carbons (Fsp3) is 0.273. The Morgan fingerprint density at radius 2 is 1.69 bits per heavy atom. The van der Waals surface area contributed by atoms with Crippen molar-refractivity contribution < 1.29 is 32.6 Å². The first-order chi connectivity index (χ1) is 20.2. The van der Waals surface area contributed by atoms with E-state index in [0.29, 0.717) is 47.0 Å². The summed E-state index contributed by atoms with van der Waals surface area (Å²) in [6.45, 7) is 5.96. The van der Waals surface area contributed by atoms with Crippen LogP contribution in [-0.4, -0.2) is 37.3 Å². The van der Waals surface area contributed by atoms with E-state index in [4.69, 9.17) is 14.2 Å². The van der Waals surface area contributed by atoms with Crippen molar-refractivity contribution in [2.75, 3.05) is 20.8 Å². The van der Waals surface area contributed by atoms with Crippen molar-refractivity contribution in [1.29, 1.82) is 0 Å². The lowest BCUT2D eigenvalue weighted by atomic mass is 9.92. The largest absolute Gasteiger partial charge is 0.493 e. The van der Waals surface area contributed by atoms with Gasteiger partial charge in [0.25, 0.3) is 5.91 Å². The van der Waals surface area contributed by atoms with Gasteiger partial charge in [0, 0.05) is 28.9 Å². The fourth-order valence-electron chi connectivity index (χ4n) is 5.62. The molecule has 0 radical (unpaired) electrons. The lowest BCUT2D eigenvalue weighted by Crippen LogP contribution is -2.27. The third-order valence-corrected chi connectivity index (χ3v) is 7.70. The zero-order chi connectivity index (χ0) is 30.1. The number of hydrogen-bond acceptors (Lipinski definition) is 5. The number of nitrogens with zero attached hydrogens (tertiary/aromatic N) is 1. The summed E-state index contributed by atoms with van der Waals surface area (Å²) in [5, 5.41) is 2.79. The van der Waals surface area contributed by atoms with Crippen molar-refractivity contribution >= 4 is 11.9 Å². The average molecular weight is 575 g/mol. The van der Waals surface area contributed by atoms with Crippen LogP contribution in [0.4, 0.5) is 8.78 Å². The minimum Gasteiger partial charge on any atom is -0.493 e. The number of esters is 1. The number of halogens is 2. The van der Waals surface area contributed by atoms with Crippen LogP contribution in [-0.2, 0) is 17.7 Å². The Kier molecular flexibility index (Phi) is 8.02. The summed E-state index contributed by atoms with van der Waals surface area (Å²) < 4.78 is 48.2. The molecule has 0 bridgehead atoms. The maximum Gasteiger partial charge on any atom is 0.340 e. The smallest absolute Gasteiger partial charge is 0.340 e. The number of rotatable bonds is 8. The van der Waals surface area contributed by atoms with Crippen LogP contribution >= 0.6 is 0 Å². The number of hydrogen-bond donors (Lipinski definition) is 1. The molecule has 1 amide bonds. The third kappa shape index (κ3) is 5.00. The molecule has 0 saturated heterocycles. The Hall–Kier alpha value is -4.66. The second-order valence-corrected chi connectivity index (χ2v) is 10.1. The van der Waals surface area contributed by atoms with E-state index in [2.05, 4.69) is 5.32 Å². The summed E-state index contributed by atoms with van der Waals surface area (Å²) in [6.07, 6.45) is 0.659. The van der Waals surface area contributed by atoms with E-state index in [1.54, 1.807) is 45.2 Å². The van der Waals surface area contributed by atoms with E-state index in [0.717, 1.165) is 11.1 Å². The van der Waals surface area contributed by atoms with Crippen molar-refractivity contribution in [2.45, 2.75) is 39.8 Å². The number of fused-ring (bicyclic) bond motifs is 3. The fourth-order valence-corrected chi connectivity index (χ4v) is 5.62. The molecule has 0 unspecified atom stereocenters. The molecular formula is C33H32F2N2O5. The topological polar surface area (TPSA) is 78.8 Å². The zero-order valence-electron chi connectivity index (χ0n) is 24.1. The van der Waals surface area contributed by atoms with E-state index < -0.39 is 23.7 Å². The van der Waals surface area contributed by atoms with Crippen LogP contribution in [0.15, 0.2) is 54.6 Å². The van der Waals surface area contributed by atoms with Crippen LogP contribution in [0.3, 0.4) is 0 Å². The molecule has 3 aromatic carbocycles. The van der Waals surface area contributed by atoms with Crippen LogP contribution in [0.25, 0.3) is 22.4 Å². The van der Waals surface area contributed by atoms with Crippen LogP contribution < -0.4 is 14.8 Å². The zero-order valence-corrected chi connectivity index (χ0v) is 24.1. The number of carbonyl (C=O) groups excluding carboxylic acids is 2. The molecule has 9 heteroatoms. The Bertz CT molecular complexity index is 1680. The normalized spacial score (nSPS) is 12.6. The highest BCUT2D eigenvalue weighted by molar-refractivity contribution is 6.06. The van der Waals surface area contributed by atoms with E-state index in [9.17, 15) is 14.0 Å². The standard InChI is InChI=1S/C33H32F2N2O5/c1-6-42-33(39)29-28(19(3)37-15-14-21-16-26(40-4)27(41-5)17-25(21)31(29)37)23-8-7-9-24(30(23)35)32(38)36-18(2)20-10-12-22(34)13-11-20/h7-13,16-18H,6,14-15H2,1-5H3,(H,36,38)/t18-/m0/s1. The monoisotopic (exact) mass is 574 g/mol. The second-order valence-electron chi connectivity index (χ2n) is 10.1. The highest BCUT2D eigenvalue weighted by Crippen LogP contribution is 2.46. The van der Waals surface area contributed by atoms with Gasteiger partial charge in [0.05, 0.1) is 43.7 Å². The Morgan fingerprint density at radius 3 is 2.36 bits per heavy atom. The number of carbonyl (C=O) groups is 2. The van der Waals surface area contributed by atoms with Crippen molar-refractivity contribution in [3.8, 4) is 33.9 Å². The SMILES string of the molecule is CCOC(=O)c1c(-c2cccc(C(=O)N[C@@H](C)c3ccc(F)cc3)c2F)c(C)n2c1-c1cc(OC)c(OC)cc1CC2. The van der Waals surface area contributed by atoms with E-state index >= 15 is 4.39 Å². The third-order valence-electron chi connectivity index (χ3n) is 7.70. The first-order valence-corrected chi connectivity index (χ1v) is 13.7. The molecule has 0 aliphatic carbocycles. The van der Waals surface area contributed by atoms with Gasteiger partial charge in [-0.1, -0.05) is 24.3 Å². The van der Waals surface area contributed by atoms with Gasteiger partial charge in [-0.05, 0) is 68.7 Å².